The third kappa shape index (κ3) is 2.40. The molecule has 1 aliphatic rings. The van der Waals surface area contributed by atoms with E-state index in [0.29, 0.717) is 0 Å². The molecule has 4 heteroatoms. The smallest absolute Gasteiger partial charge is 0.152 e. The van der Waals surface area contributed by atoms with Crippen molar-refractivity contribution in [1.82, 2.24) is 14.6 Å². The van der Waals surface area contributed by atoms with Gasteiger partial charge in [-0.05, 0) is 31.7 Å². The largest absolute Gasteiger partial charge is 0.368 e. The van der Waals surface area contributed by atoms with Gasteiger partial charge in [0.25, 0.3) is 0 Å². The normalized spacial score (nSPS) is 15.4. The van der Waals surface area contributed by atoms with Gasteiger partial charge in [-0.25, -0.2) is 9.50 Å². The molecule has 1 fully saturated rings. The van der Waals surface area contributed by atoms with Gasteiger partial charge in [0, 0.05) is 18.9 Å². The van der Waals surface area contributed by atoms with Crippen molar-refractivity contribution in [3.05, 3.63) is 24.2 Å². The average Bonchev–Trinajstić information content (AvgIpc) is 3.05. The van der Waals surface area contributed by atoms with Gasteiger partial charge < -0.3 is 5.32 Å². The Balaban J connectivity index is 1.66. The van der Waals surface area contributed by atoms with Crippen molar-refractivity contribution in [3.63, 3.8) is 0 Å². The van der Waals surface area contributed by atoms with Gasteiger partial charge in [-0.15, -0.1) is 0 Å². The molecular formula is C13H18N4. The lowest BCUT2D eigenvalue weighted by Gasteiger charge is -2.06. The molecule has 4 nitrogen and oxygen atoms in total. The first-order valence-electron chi connectivity index (χ1n) is 6.38. The van der Waals surface area contributed by atoms with Crippen LogP contribution in [-0.2, 0) is 0 Å². The van der Waals surface area contributed by atoms with Crippen molar-refractivity contribution in [2.75, 3.05) is 11.9 Å². The van der Waals surface area contributed by atoms with Crippen LogP contribution in [0.25, 0.3) is 5.52 Å². The summed E-state index contributed by atoms with van der Waals surface area (Å²) in [7, 11) is 0. The number of aryl methyl sites for hydroxylation is 1. The summed E-state index contributed by atoms with van der Waals surface area (Å²) in [6.07, 6.45) is 9.15. The Morgan fingerprint density at radius 1 is 1.47 bits per heavy atom. The third-order valence-electron chi connectivity index (χ3n) is 3.29. The first-order valence-corrected chi connectivity index (χ1v) is 6.38. The highest BCUT2D eigenvalue weighted by atomic mass is 15.2. The lowest BCUT2D eigenvalue weighted by atomic mass is 10.2. The molecule has 0 amide bonds. The fraction of sp³-hybridized carbons (Fsp3) is 0.538. The molecule has 2 aromatic rings. The van der Waals surface area contributed by atoms with E-state index in [9.17, 15) is 0 Å². The summed E-state index contributed by atoms with van der Waals surface area (Å²) < 4.78 is 1.88. The summed E-state index contributed by atoms with van der Waals surface area (Å²) in [5, 5.41) is 7.79. The highest BCUT2D eigenvalue weighted by Crippen LogP contribution is 2.33. The van der Waals surface area contributed by atoms with Crippen molar-refractivity contribution < 1.29 is 0 Å². The number of nitrogens with one attached hydrogen (secondary N) is 1. The van der Waals surface area contributed by atoms with Crippen LogP contribution in [0.5, 0.6) is 0 Å². The van der Waals surface area contributed by atoms with Crippen LogP contribution in [0.2, 0.25) is 0 Å². The van der Waals surface area contributed by atoms with E-state index in [1.165, 1.54) is 25.7 Å². The van der Waals surface area contributed by atoms with Gasteiger partial charge in [0.1, 0.15) is 5.52 Å². The zero-order valence-corrected chi connectivity index (χ0v) is 10.2. The van der Waals surface area contributed by atoms with E-state index in [4.69, 9.17) is 0 Å². The summed E-state index contributed by atoms with van der Waals surface area (Å²) in [6, 6.07) is 2.07. The van der Waals surface area contributed by atoms with Crippen LogP contribution in [0.1, 0.15) is 31.4 Å². The molecule has 2 heterocycles. The summed E-state index contributed by atoms with van der Waals surface area (Å²) in [6.45, 7) is 3.01. The number of hydrogen-bond donors (Lipinski definition) is 1. The second kappa shape index (κ2) is 4.35. The second-order valence-electron chi connectivity index (χ2n) is 4.90. The molecule has 0 unspecified atom stereocenters. The van der Waals surface area contributed by atoms with Crippen LogP contribution in [0, 0.1) is 12.8 Å². The standard InChI is InChI=1S/C13H18N4/c1-10-9-12-13(15-7-8-17(12)16-10)14-6-2-3-11-4-5-11/h7-9,11H,2-6H2,1H3,(H,14,15). The van der Waals surface area contributed by atoms with E-state index in [1.807, 2.05) is 17.6 Å². The number of hydrogen-bond acceptors (Lipinski definition) is 3. The van der Waals surface area contributed by atoms with Crippen LogP contribution in [0.15, 0.2) is 18.5 Å². The molecule has 0 aromatic carbocycles. The molecule has 3 rings (SSSR count). The van der Waals surface area contributed by atoms with Crippen LogP contribution < -0.4 is 5.32 Å². The maximum Gasteiger partial charge on any atom is 0.152 e. The maximum atomic E-state index is 4.38. The first kappa shape index (κ1) is 10.6. The molecule has 2 aromatic heterocycles. The lowest BCUT2D eigenvalue weighted by Crippen LogP contribution is -2.05. The van der Waals surface area contributed by atoms with Crippen LogP contribution >= 0.6 is 0 Å². The molecular weight excluding hydrogens is 212 g/mol. The SMILES string of the molecule is Cc1cc2c(NCCCC3CC3)nccn2n1. The molecule has 1 saturated carbocycles. The number of anilines is 1. The molecule has 0 bridgehead atoms. The molecule has 0 radical (unpaired) electrons. The van der Waals surface area contributed by atoms with Crippen molar-refractivity contribution in [3.8, 4) is 0 Å². The highest BCUT2D eigenvalue weighted by molar-refractivity contribution is 5.67. The summed E-state index contributed by atoms with van der Waals surface area (Å²) in [5.74, 6) is 1.96. The molecule has 1 aliphatic carbocycles. The van der Waals surface area contributed by atoms with Crippen molar-refractivity contribution in [1.29, 1.82) is 0 Å². The fourth-order valence-corrected chi connectivity index (χ4v) is 2.18. The topological polar surface area (TPSA) is 42.2 Å². The predicted octanol–water partition coefficient (Wildman–Crippen LogP) is 2.64. The minimum absolute atomic E-state index is 0.948. The number of fused-ring (bicyclic) bond motifs is 1. The maximum absolute atomic E-state index is 4.38. The van der Waals surface area contributed by atoms with E-state index in [-0.39, 0.29) is 0 Å². The first-order chi connectivity index (χ1) is 8.33. The number of rotatable bonds is 5. The Hall–Kier alpha value is -1.58. The summed E-state index contributed by atoms with van der Waals surface area (Å²) >= 11 is 0. The van der Waals surface area contributed by atoms with Crippen molar-refractivity contribution in [2.45, 2.75) is 32.6 Å². The average molecular weight is 230 g/mol. The van der Waals surface area contributed by atoms with Gasteiger partial charge in [-0.2, -0.15) is 5.10 Å². The van der Waals surface area contributed by atoms with Crippen LogP contribution in [-0.4, -0.2) is 21.1 Å². The Morgan fingerprint density at radius 3 is 3.18 bits per heavy atom. The van der Waals surface area contributed by atoms with Crippen LogP contribution in [0.3, 0.4) is 0 Å². The van der Waals surface area contributed by atoms with Gasteiger partial charge in [0.15, 0.2) is 5.82 Å². The zero-order valence-electron chi connectivity index (χ0n) is 10.2. The van der Waals surface area contributed by atoms with E-state index in [2.05, 4.69) is 21.5 Å². The number of nitrogens with zero attached hydrogens (tertiary/aromatic N) is 3. The van der Waals surface area contributed by atoms with E-state index < -0.39 is 0 Å². The summed E-state index contributed by atoms with van der Waals surface area (Å²) in [4.78, 5) is 4.38. The summed E-state index contributed by atoms with van der Waals surface area (Å²) in [5.41, 5.74) is 2.09. The molecule has 0 aliphatic heterocycles. The minimum Gasteiger partial charge on any atom is -0.368 e. The molecule has 0 saturated heterocycles. The van der Waals surface area contributed by atoms with Gasteiger partial charge >= 0.3 is 0 Å². The lowest BCUT2D eigenvalue weighted by molar-refractivity contribution is 0.686. The minimum atomic E-state index is 0.948. The van der Waals surface area contributed by atoms with Gasteiger partial charge in [0.2, 0.25) is 0 Å². The molecule has 17 heavy (non-hydrogen) atoms. The van der Waals surface area contributed by atoms with Crippen molar-refractivity contribution >= 4 is 11.3 Å². The monoisotopic (exact) mass is 230 g/mol. The van der Waals surface area contributed by atoms with E-state index in [1.54, 1.807) is 6.20 Å². The quantitative estimate of drug-likeness (QED) is 0.803. The fourth-order valence-electron chi connectivity index (χ4n) is 2.18. The predicted molar refractivity (Wildman–Crippen MR) is 68.2 cm³/mol. The third-order valence-corrected chi connectivity index (χ3v) is 3.29. The molecule has 90 valence electrons. The zero-order chi connectivity index (χ0) is 11.7. The Bertz CT molecular complexity index is 513. The Kier molecular flexibility index (Phi) is 2.71. The van der Waals surface area contributed by atoms with Gasteiger partial charge in [-0.3, -0.25) is 0 Å². The second-order valence-corrected chi connectivity index (χ2v) is 4.90. The Labute approximate surface area is 101 Å². The van der Waals surface area contributed by atoms with Gasteiger partial charge in [-0.1, -0.05) is 12.8 Å². The Morgan fingerprint density at radius 2 is 2.35 bits per heavy atom. The van der Waals surface area contributed by atoms with Crippen LogP contribution in [0.4, 0.5) is 5.82 Å². The van der Waals surface area contributed by atoms with E-state index >= 15 is 0 Å². The number of aromatic nitrogens is 3. The molecule has 0 spiro atoms. The van der Waals surface area contributed by atoms with E-state index in [0.717, 1.165) is 29.5 Å². The van der Waals surface area contributed by atoms with Gasteiger partial charge in [0.05, 0.1) is 5.69 Å². The van der Waals surface area contributed by atoms with Crippen molar-refractivity contribution in [2.24, 2.45) is 5.92 Å². The molecule has 1 N–H and O–H groups in total. The molecule has 0 atom stereocenters. The highest BCUT2D eigenvalue weighted by Gasteiger charge is 2.19.